The van der Waals surface area contributed by atoms with E-state index in [1.807, 2.05) is 0 Å². The lowest BCUT2D eigenvalue weighted by Gasteiger charge is -2.29. The summed E-state index contributed by atoms with van der Waals surface area (Å²) in [5.74, 6) is -1.43. The first-order chi connectivity index (χ1) is 9.92. The van der Waals surface area contributed by atoms with Gasteiger partial charge in [0, 0.05) is 0 Å². The zero-order chi connectivity index (χ0) is 17.7. The molecule has 0 bridgehead atoms. The van der Waals surface area contributed by atoms with Crippen LogP contribution in [0.4, 0.5) is 0 Å². The van der Waals surface area contributed by atoms with Gasteiger partial charge in [-0.05, 0) is 20.8 Å². The zero-order valence-corrected chi connectivity index (χ0v) is 12.5. The summed E-state index contributed by atoms with van der Waals surface area (Å²) < 4.78 is 0. The van der Waals surface area contributed by atoms with Crippen molar-refractivity contribution in [2.24, 2.45) is 0 Å². The Labute approximate surface area is 127 Å². The first-order valence-corrected chi connectivity index (χ1v) is 6.51. The van der Waals surface area contributed by atoms with Crippen LogP contribution >= 0.6 is 0 Å². The largest absolute Gasteiger partial charge is 0.394 e. The van der Waals surface area contributed by atoms with Crippen LogP contribution in [0.25, 0.3) is 0 Å². The quantitative estimate of drug-likeness (QED) is 0.174. The second-order valence-electron chi connectivity index (χ2n) is 5.76. The van der Waals surface area contributed by atoms with Gasteiger partial charge in [-0.25, -0.2) is 4.79 Å². The number of hydrogen-bond acceptors (Lipinski definition) is 10. The molecule has 0 aromatic heterocycles. The Morgan fingerprint density at radius 2 is 1.36 bits per heavy atom. The second-order valence-corrected chi connectivity index (χ2v) is 5.76. The van der Waals surface area contributed by atoms with Gasteiger partial charge in [0.05, 0.1) is 6.61 Å². The third-order valence-corrected chi connectivity index (χ3v) is 2.57. The monoisotopic (exact) mass is 328 g/mol. The first-order valence-electron chi connectivity index (χ1n) is 6.51. The molecule has 0 aliphatic carbocycles. The van der Waals surface area contributed by atoms with Crippen LogP contribution in [-0.2, 0) is 14.6 Å². The molecule has 22 heavy (non-hydrogen) atoms. The van der Waals surface area contributed by atoms with Crippen LogP contribution in [0.2, 0.25) is 0 Å². The average molecular weight is 328 g/mol. The van der Waals surface area contributed by atoms with Crippen LogP contribution in [0.1, 0.15) is 20.8 Å². The maximum absolute atomic E-state index is 11.4. The van der Waals surface area contributed by atoms with Gasteiger partial charge in [0.25, 0.3) is 0 Å². The minimum Gasteiger partial charge on any atom is -0.394 e. The van der Waals surface area contributed by atoms with Crippen molar-refractivity contribution in [2.75, 3.05) is 6.61 Å². The van der Waals surface area contributed by atoms with E-state index >= 15 is 0 Å². The lowest BCUT2D eigenvalue weighted by molar-refractivity contribution is -0.327. The standard InChI is InChI=1S/C12H24O10/c1-12(2,3)22-21-11(20)10(19)9(18)8(17)7(16)6(15)5(14)4-13/h5-10,13-19H,4H2,1-3H3/t5-,6-,7+,8+,9+,10+/m0/s1. The Kier molecular flexibility index (Phi) is 8.36. The van der Waals surface area contributed by atoms with E-state index in [0.29, 0.717) is 0 Å². The van der Waals surface area contributed by atoms with E-state index in [2.05, 4.69) is 9.78 Å². The van der Waals surface area contributed by atoms with Gasteiger partial charge in [0.15, 0.2) is 6.10 Å². The van der Waals surface area contributed by atoms with Gasteiger partial charge in [-0.1, -0.05) is 0 Å². The molecule has 0 spiro atoms. The minimum absolute atomic E-state index is 0.875. The molecule has 0 saturated carbocycles. The Hall–Kier alpha value is -0.850. The summed E-state index contributed by atoms with van der Waals surface area (Å²) in [5, 5.41) is 65.3. The van der Waals surface area contributed by atoms with Gasteiger partial charge >= 0.3 is 5.97 Å². The lowest BCUT2D eigenvalue weighted by Crippen LogP contribution is -2.54. The van der Waals surface area contributed by atoms with Gasteiger partial charge in [-0.3, -0.25) is 4.89 Å². The van der Waals surface area contributed by atoms with Crippen molar-refractivity contribution in [2.45, 2.75) is 63.0 Å². The number of aliphatic hydroxyl groups excluding tert-OH is 7. The van der Waals surface area contributed by atoms with Crippen LogP contribution in [0.15, 0.2) is 0 Å². The molecule has 132 valence electrons. The summed E-state index contributed by atoms with van der Waals surface area (Å²) in [6.07, 6.45) is -12.6. The topological polar surface area (TPSA) is 177 Å². The maximum atomic E-state index is 11.4. The molecule has 0 unspecified atom stereocenters. The summed E-state index contributed by atoms with van der Waals surface area (Å²) >= 11 is 0. The van der Waals surface area contributed by atoms with Crippen LogP contribution in [-0.4, -0.2) is 90.5 Å². The molecular weight excluding hydrogens is 304 g/mol. The van der Waals surface area contributed by atoms with E-state index in [4.69, 9.17) is 10.2 Å². The summed E-state index contributed by atoms with van der Waals surface area (Å²) in [6.45, 7) is 3.74. The molecule has 0 aliphatic rings. The minimum atomic E-state index is -2.27. The van der Waals surface area contributed by atoms with Crippen molar-refractivity contribution >= 4 is 5.97 Å². The highest BCUT2D eigenvalue weighted by Gasteiger charge is 2.40. The third kappa shape index (κ3) is 6.50. The molecule has 0 heterocycles. The lowest BCUT2D eigenvalue weighted by atomic mass is 9.96. The highest BCUT2D eigenvalue weighted by molar-refractivity contribution is 5.74. The van der Waals surface area contributed by atoms with Crippen molar-refractivity contribution in [3.8, 4) is 0 Å². The molecule has 0 aromatic carbocycles. The molecule has 6 atom stereocenters. The zero-order valence-electron chi connectivity index (χ0n) is 12.5. The van der Waals surface area contributed by atoms with Gasteiger partial charge in [0.1, 0.15) is 36.1 Å². The maximum Gasteiger partial charge on any atom is 0.373 e. The first kappa shape index (κ1) is 21.1. The van der Waals surface area contributed by atoms with Gasteiger partial charge in [-0.15, -0.1) is 0 Å². The Morgan fingerprint density at radius 1 is 0.909 bits per heavy atom. The van der Waals surface area contributed by atoms with E-state index in [1.54, 1.807) is 20.8 Å². The smallest absolute Gasteiger partial charge is 0.373 e. The van der Waals surface area contributed by atoms with Crippen molar-refractivity contribution in [3.05, 3.63) is 0 Å². The van der Waals surface area contributed by atoms with Crippen LogP contribution in [0.5, 0.6) is 0 Å². The summed E-state index contributed by atoms with van der Waals surface area (Å²) in [6, 6.07) is 0. The molecule has 10 heteroatoms. The fourth-order valence-corrected chi connectivity index (χ4v) is 1.28. The summed E-state index contributed by atoms with van der Waals surface area (Å²) in [7, 11) is 0. The van der Waals surface area contributed by atoms with Crippen LogP contribution in [0.3, 0.4) is 0 Å². The summed E-state index contributed by atoms with van der Waals surface area (Å²) in [4.78, 5) is 20.3. The molecule has 7 N–H and O–H groups in total. The fraction of sp³-hybridized carbons (Fsp3) is 0.917. The normalized spacial score (nSPS) is 20.6. The van der Waals surface area contributed by atoms with Gasteiger partial charge in [-0.2, -0.15) is 4.89 Å². The Morgan fingerprint density at radius 3 is 1.77 bits per heavy atom. The molecule has 0 radical (unpaired) electrons. The fourth-order valence-electron chi connectivity index (χ4n) is 1.28. The highest BCUT2D eigenvalue weighted by Crippen LogP contribution is 2.13. The van der Waals surface area contributed by atoms with Crippen molar-refractivity contribution in [1.82, 2.24) is 0 Å². The van der Waals surface area contributed by atoms with Gasteiger partial charge in [0.2, 0.25) is 0 Å². The molecule has 0 saturated heterocycles. The van der Waals surface area contributed by atoms with E-state index < -0.39 is 54.8 Å². The molecular formula is C12H24O10. The molecule has 10 nitrogen and oxygen atoms in total. The molecule has 0 aromatic rings. The van der Waals surface area contributed by atoms with Crippen LogP contribution < -0.4 is 0 Å². The van der Waals surface area contributed by atoms with E-state index in [0.717, 1.165) is 0 Å². The SMILES string of the molecule is CC(C)(C)OOC(=O)[C@H](O)[C@H](O)[C@H](O)[C@H](O)[C@@H](O)[C@@H](O)CO. The molecule has 0 fully saturated rings. The predicted octanol–water partition coefficient (Wildman–Crippen LogP) is -3.58. The summed E-state index contributed by atoms with van der Waals surface area (Å²) in [5.41, 5.74) is -0.875. The Bertz CT molecular complexity index is 341. The number of rotatable bonds is 8. The molecule has 0 rings (SSSR count). The second kappa shape index (κ2) is 8.70. The molecule has 0 aliphatic heterocycles. The molecule has 0 amide bonds. The number of hydrogen-bond donors (Lipinski definition) is 7. The van der Waals surface area contributed by atoms with Crippen molar-refractivity contribution < 1.29 is 50.3 Å². The van der Waals surface area contributed by atoms with Crippen LogP contribution in [0, 0.1) is 0 Å². The third-order valence-electron chi connectivity index (χ3n) is 2.57. The van der Waals surface area contributed by atoms with Gasteiger partial charge < -0.3 is 35.7 Å². The Balaban J connectivity index is 4.66. The average Bonchev–Trinajstić information content (AvgIpc) is 2.46. The number of carbonyl (C=O) groups excluding carboxylic acids is 1. The highest BCUT2D eigenvalue weighted by atomic mass is 17.2. The number of carbonyl (C=O) groups is 1. The van der Waals surface area contributed by atoms with E-state index in [9.17, 15) is 30.3 Å². The van der Waals surface area contributed by atoms with E-state index in [1.165, 1.54) is 0 Å². The van der Waals surface area contributed by atoms with Crippen molar-refractivity contribution in [3.63, 3.8) is 0 Å². The van der Waals surface area contributed by atoms with Crippen molar-refractivity contribution in [1.29, 1.82) is 0 Å². The van der Waals surface area contributed by atoms with E-state index in [-0.39, 0.29) is 0 Å². The predicted molar refractivity (Wildman–Crippen MR) is 70.1 cm³/mol. The number of aliphatic hydroxyl groups is 7.